The molecule has 24 heavy (non-hydrogen) atoms. The molecule has 0 aliphatic rings. The molecule has 1 aromatic carbocycles. The minimum absolute atomic E-state index is 0.0141. The average molecular weight is 387 g/mol. The van der Waals surface area contributed by atoms with Gasteiger partial charge in [-0.05, 0) is 43.5 Å². The van der Waals surface area contributed by atoms with Crippen LogP contribution in [0.2, 0.25) is 15.2 Å². The number of pyridine rings is 1. The number of nitrogens with one attached hydrogen (secondary N) is 2. The fourth-order valence-electron chi connectivity index (χ4n) is 2.33. The summed E-state index contributed by atoms with van der Waals surface area (Å²) in [5, 5.41) is 4.05. The zero-order valence-electron chi connectivity index (χ0n) is 13.3. The molecule has 0 aliphatic heterocycles. The van der Waals surface area contributed by atoms with E-state index in [-0.39, 0.29) is 26.6 Å². The minimum atomic E-state index is -0.580. The van der Waals surface area contributed by atoms with Crippen molar-refractivity contribution < 1.29 is 9.78 Å². The van der Waals surface area contributed by atoms with Gasteiger partial charge in [0.15, 0.2) is 0 Å². The first-order chi connectivity index (χ1) is 11.2. The SMILES string of the molecule is Cc1cc(C)c(/C=N/NC(=O)c2[nH+]c(Cl)c(Cl)c(N)c2Cl)c(C)c1. The van der Waals surface area contributed by atoms with Crippen molar-refractivity contribution >= 4 is 52.6 Å². The van der Waals surface area contributed by atoms with Gasteiger partial charge in [-0.25, -0.2) is 5.43 Å². The van der Waals surface area contributed by atoms with E-state index in [0.717, 1.165) is 16.7 Å². The standard InChI is InChI=1S/C16H15Cl3N4O/c1-7-4-8(2)10(9(3)5-7)6-21-23-16(24)14-11(17)13(20)12(18)15(19)22-14/h4-6H,1-3H3,(H2,20,22)(H,23,24)/p+1/b21-6+. The first-order valence-electron chi connectivity index (χ1n) is 6.98. The number of hydrogen-bond donors (Lipinski definition) is 2. The Kier molecular flexibility index (Phi) is 5.70. The molecule has 1 aromatic heterocycles. The zero-order chi connectivity index (χ0) is 18.0. The molecule has 0 unspecified atom stereocenters. The molecule has 0 fully saturated rings. The highest BCUT2D eigenvalue weighted by Gasteiger charge is 2.25. The summed E-state index contributed by atoms with van der Waals surface area (Å²) in [5.41, 5.74) is 12.3. The Morgan fingerprint density at radius 2 is 1.75 bits per heavy atom. The molecule has 0 saturated carbocycles. The number of nitrogens with zero attached hydrogens (tertiary/aromatic N) is 1. The van der Waals surface area contributed by atoms with E-state index < -0.39 is 5.91 Å². The number of hydrogen-bond acceptors (Lipinski definition) is 3. The molecule has 2 rings (SSSR count). The van der Waals surface area contributed by atoms with Crippen molar-refractivity contribution in [2.75, 3.05) is 5.73 Å². The summed E-state index contributed by atoms with van der Waals surface area (Å²) < 4.78 is 0. The summed E-state index contributed by atoms with van der Waals surface area (Å²) in [7, 11) is 0. The highest BCUT2D eigenvalue weighted by atomic mass is 35.5. The first-order valence-corrected chi connectivity index (χ1v) is 8.12. The number of nitrogens with two attached hydrogens (primary N) is 1. The number of hydrazone groups is 1. The lowest BCUT2D eigenvalue weighted by Gasteiger charge is -2.06. The van der Waals surface area contributed by atoms with Gasteiger partial charge in [0.05, 0.1) is 11.9 Å². The van der Waals surface area contributed by atoms with Crippen LogP contribution in [0, 0.1) is 20.8 Å². The van der Waals surface area contributed by atoms with Crippen LogP contribution in [0.25, 0.3) is 0 Å². The summed E-state index contributed by atoms with van der Waals surface area (Å²) >= 11 is 17.8. The number of H-pyrrole nitrogens is 1. The summed E-state index contributed by atoms with van der Waals surface area (Å²) in [6, 6.07) is 4.08. The summed E-state index contributed by atoms with van der Waals surface area (Å²) in [5.74, 6) is -0.580. The molecule has 1 amide bonds. The van der Waals surface area contributed by atoms with Crippen LogP contribution in [0.3, 0.4) is 0 Å². The molecule has 0 saturated heterocycles. The maximum atomic E-state index is 12.2. The number of amides is 1. The lowest BCUT2D eigenvalue weighted by molar-refractivity contribution is -0.379. The van der Waals surface area contributed by atoms with Crippen LogP contribution < -0.4 is 16.1 Å². The monoisotopic (exact) mass is 385 g/mol. The van der Waals surface area contributed by atoms with Gasteiger partial charge in [0.2, 0.25) is 0 Å². The van der Waals surface area contributed by atoms with Crippen LogP contribution in [0.5, 0.6) is 0 Å². The number of anilines is 1. The molecule has 1 heterocycles. The van der Waals surface area contributed by atoms with E-state index in [1.165, 1.54) is 5.56 Å². The van der Waals surface area contributed by atoms with Crippen molar-refractivity contribution in [2.24, 2.45) is 5.10 Å². The number of rotatable bonds is 3. The molecule has 5 nitrogen and oxygen atoms in total. The Labute approximate surface area is 154 Å². The number of carbonyl (C=O) groups excluding carboxylic acids is 1. The Hall–Kier alpha value is -1.82. The maximum Gasteiger partial charge on any atom is 0.337 e. The molecule has 2 aromatic rings. The number of aromatic amines is 1. The van der Waals surface area contributed by atoms with Crippen LogP contribution in [0.4, 0.5) is 5.69 Å². The van der Waals surface area contributed by atoms with Crippen LogP contribution in [0.1, 0.15) is 32.7 Å². The second-order valence-corrected chi connectivity index (χ2v) is 6.50. The van der Waals surface area contributed by atoms with Gasteiger partial charge in [0.1, 0.15) is 10.0 Å². The Morgan fingerprint density at radius 3 is 2.33 bits per heavy atom. The van der Waals surface area contributed by atoms with E-state index in [1.807, 2.05) is 32.9 Å². The zero-order valence-corrected chi connectivity index (χ0v) is 15.6. The van der Waals surface area contributed by atoms with Gasteiger partial charge < -0.3 is 5.73 Å². The fourth-order valence-corrected chi connectivity index (χ4v) is 2.95. The number of aryl methyl sites for hydroxylation is 3. The topological polar surface area (TPSA) is 81.6 Å². The molecule has 8 heteroatoms. The molecular weight excluding hydrogens is 371 g/mol. The Bertz CT molecular complexity index is 827. The van der Waals surface area contributed by atoms with E-state index in [9.17, 15) is 4.79 Å². The van der Waals surface area contributed by atoms with Gasteiger partial charge in [0.25, 0.3) is 10.8 Å². The molecule has 0 radical (unpaired) electrons. The van der Waals surface area contributed by atoms with Crippen LogP contribution in [0.15, 0.2) is 17.2 Å². The van der Waals surface area contributed by atoms with Crippen molar-refractivity contribution in [3.8, 4) is 0 Å². The van der Waals surface area contributed by atoms with E-state index in [0.29, 0.717) is 0 Å². The quantitative estimate of drug-likeness (QED) is 0.479. The second kappa shape index (κ2) is 7.38. The van der Waals surface area contributed by atoms with Gasteiger partial charge in [-0.1, -0.05) is 40.9 Å². The maximum absolute atomic E-state index is 12.2. The largest absolute Gasteiger partial charge is 0.396 e. The van der Waals surface area contributed by atoms with Crippen molar-refractivity contribution in [2.45, 2.75) is 20.8 Å². The van der Waals surface area contributed by atoms with E-state index in [2.05, 4.69) is 15.5 Å². The fraction of sp³-hybridized carbons (Fsp3) is 0.188. The summed E-state index contributed by atoms with van der Waals surface area (Å²) in [4.78, 5) is 14.8. The smallest absolute Gasteiger partial charge is 0.337 e. The van der Waals surface area contributed by atoms with Crippen molar-refractivity contribution in [3.05, 3.63) is 55.3 Å². The van der Waals surface area contributed by atoms with Gasteiger partial charge >= 0.3 is 5.91 Å². The normalized spacial score (nSPS) is 11.1. The van der Waals surface area contributed by atoms with Crippen molar-refractivity contribution in [1.29, 1.82) is 0 Å². The molecule has 0 aliphatic carbocycles. The van der Waals surface area contributed by atoms with Gasteiger partial charge in [-0.15, -0.1) is 0 Å². The predicted octanol–water partition coefficient (Wildman–Crippen LogP) is 3.73. The number of nitrogen functional groups attached to an aromatic ring is 1. The molecular formula is C16H16Cl3N4O+. The highest BCUT2D eigenvalue weighted by Crippen LogP contribution is 2.31. The van der Waals surface area contributed by atoms with Gasteiger partial charge in [-0.3, -0.25) is 4.79 Å². The third kappa shape index (κ3) is 3.80. The average Bonchev–Trinajstić information content (AvgIpc) is 2.51. The van der Waals surface area contributed by atoms with Gasteiger partial charge in [0, 0.05) is 5.56 Å². The molecule has 126 valence electrons. The Balaban J connectivity index is 2.23. The number of halogens is 3. The van der Waals surface area contributed by atoms with Gasteiger partial charge in [-0.2, -0.15) is 10.1 Å². The number of benzene rings is 1. The lowest BCUT2D eigenvalue weighted by Crippen LogP contribution is -2.28. The first kappa shape index (κ1) is 18.5. The van der Waals surface area contributed by atoms with Crippen LogP contribution >= 0.6 is 34.8 Å². The summed E-state index contributed by atoms with van der Waals surface area (Å²) in [6.07, 6.45) is 1.58. The molecule has 0 atom stereocenters. The van der Waals surface area contributed by atoms with E-state index in [1.54, 1.807) is 6.21 Å². The number of carbonyl (C=O) groups is 1. The third-order valence-corrected chi connectivity index (χ3v) is 4.61. The van der Waals surface area contributed by atoms with Crippen molar-refractivity contribution in [1.82, 2.24) is 5.43 Å². The molecule has 4 N–H and O–H groups in total. The van der Waals surface area contributed by atoms with Crippen LogP contribution in [-0.2, 0) is 0 Å². The van der Waals surface area contributed by atoms with Crippen molar-refractivity contribution in [3.63, 3.8) is 0 Å². The molecule has 0 spiro atoms. The van der Waals surface area contributed by atoms with E-state index >= 15 is 0 Å². The third-order valence-electron chi connectivity index (χ3n) is 3.44. The molecule has 0 bridgehead atoms. The van der Waals surface area contributed by atoms with E-state index in [4.69, 9.17) is 40.5 Å². The minimum Gasteiger partial charge on any atom is -0.396 e. The summed E-state index contributed by atoms with van der Waals surface area (Å²) in [6.45, 7) is 5.98. The highest BCUT2D eigenvalue weighted by molar-refractivity contribution is 6.45. The lowest BCUT2D eigenvalue weighted by atomic mass is 10.0. The number of aromatic nitrogens is 1. The Morgan fingerprint density at radius 1 is 1.17 bits per heavy atom. The predicted molar refractivity (Wildman–Crippen MR) is 98.2 cm³/mol. The second-order valence-electron chi connectivity index (χ2n) is 5.37. The van der Waals surface area contributed by atoms with Crippen LogP contribution in [-0.4, -0.2) is 12.1 Å².